The van der Waals surface area contributed by atoms with Crippen LogP contribution in [-0.2, 0) is 11.3 Å². The lowest BCUT2D eigenvalue weighted by Crippen LogP contribution is -2.02. The number of carbonyl (C=O) groups is 2. The Kier molecular flexibility index (Phi) is 4.55. The quantitative estimate of drug-likeness (QED) is 0.598. The zero-order chi connectivity index (χ0) is 14.4. The second kappa shape index (κ2) is 6.56. The smallest absolute Gasteiger partial charge is 0.374 e. The molecular formula is C15H14O5. The van der Waals surface area contributed by atoms with E-state index in [0.717, 1.165) is 6.29 Å². The van der Waals surface area contributed by atoms with Gasteiger partial charge in [0.05, 0.1) is 6.61 Å². The highest BCUT2D eigenvalue weighted by Crippen LogP contribution is 2.16. The third-order valence-electron chi connectivity index (χ3n) is 2.51. The number of ether oxygens (including phenoxy) is 2. The van der Waals surface area contributed by atoms with Crippen molar-refractivity contribution in [1.29, 1.82) is 0 Å². The summed E-state index contributed by atoms with van der Waals surface area (Å²) in [4.78, 5) is 22.1. The molecule has 0 radical (unpaired) electrons. The van der Waals surface area contributed by atoms with Crippen LogP contribution in [0.15, 0.2) is 40.8 Å². The van der Waals surface area contributed by atoms with E-state index in [1.54, 1.807) is 43.3 Å². The summed E-state index contributed by atoms with van der Waals surface area (Å²) < 4.78 is 15.6. The Morgan fingerprint density at radius 3 is 2.90 bits per heavy atom. The van der Waals surface area contributed by atoms with E-state index in [-0.39, 0.29) is 12.4 Å². The third kappa shape index (κ3) is 3.47. The molecule has 20 heavy (non-hydrogen) atoms. The van der Waals surface area contributed by atoms with E-state index >= 15 is 0 Å². The van der Waals surface area contributed by atoms with Crippen LogP contribution in [0.3, 0.4) is 0 Å². The Hall–Kier alpha value is -2.56. The number of benzene rings is 1. The molecule has 0 spiro atoms. The van der Waals surface area contributed by atoms with Crippen LogP contribution in [0.25, 0.3) is 0 Å². The molecule has 2 rings (SSSR count). The summed E-state index contributed by atoms with van der Waals surface area (Å²) in [6.45, 7) is 2.19. The van der Waals surface area contributed by atoms with Crippen molar-refractivity contribution in [3.8, 4) is 5.75 Å². The normalized spacial score (nSPS) is 10.1. The molecule has 1 aromatic carbocycles. The highest BCUT2D eigenvalue weighted by Gasteiger charge is 2.12. The fourth-order valence-electron chi connectivity index (χ4n) is 1.60. The number of hydrogen-bond acceptors (Lipinski definition) is 5. The fourth-order valence-corrected chi connectivity index (χ4v) is 1.60. The summed E-state index contributed by atoms with van der Waals surface area (Å²) in [5, 5.41) is 0. The minimum atomic E-state index is -0.498. The standard InChI is InChI=1S/C15H14O5/c1-2-18-15(17)14-7-6-13(20-14)10-19-12-5-3-4-11(8-12)9-16/h3-9H,2,10H2,1H3. The summed E-state index contributed by atoms with van der Waals surface area (Å²) in [5.41, 5.74) is 0.536. The minimum Gasteiger partial charge on any atom is -0.486 e. The maximum atomic E-state index is 11.4. The topological polar surface area (TPSA) is 65.7 Å². The fraction of sp³-hybridized carbons (Fsp3) is 0.200. The Morgan fingerprint density at radius 2 is 2.15 bits per heavy atom. The molecule has 0 saturated carbocycles. The second-order valence-electron chi connectivity index (χ2n) is 3.97. The molecule has 0 unspecified atom stereocenters. The van der Waals surface area contributed by atoms with Crippen molar-refractivity contribution < 1.29 is 23.5 Å². The van der Waals surface area contributed by atoms with Crippen molar-refractivity contribution in [2.24, 2.45) is 0 Å². The van der Waals surface area contributed by atoms with Crippen LogP contribution in [0.1, 0.15) is 33.6 Å². The van der Waals surface area contributed by atoms with Gasteiger partial charge in [0.25, 0.3) is 0 Å². The van der Waals surface area contributed by atoms with Gasteiger partial charge in [-0.25, -0.2) is 4.79 Å². The monoisotopic (exact) mass is 274 g/mol. The Balaban J connectivity index is 1.97. The van der Waals surface area contributed by atoms with Crippen LogP contribution >= 0.6 is 0 Å². The van der Waals surface area contributed by atoms with Gasteiger partial charge in [0.15, 0.2) is 0 Å². The zero-order valence-electron chi connectivity index (χ0n) is 11.0. The number of aldehydes is 1. The molecular weight excluding hydrogens is 260 g/mol. The van der Waals surface area contributed by atoms with Crippen molar-refractivity contribution in [2.45, 2.75) is 13.5 Å². The van der Waals surface area contributed by atoms with E-state index in [1.165, 1.54) is 0 Å². The number of rotatable bonds is 6. The molecule has 0 saturated heterocycles. The molecule has 5 nitrogen and oxygen atoms in total. The summed E-state index contributed by atoms with van der Waals surface area (Å²) in [6, 6.07) is 9.97. The van der Waals surface area contributed by atoms with Gasteiger partial charge in [-0.15, -0.1) is 0 Å². The van der Waals surface area contributed by atoms with Gasteiger partial charge >= 0.3 is 5.97 Å². The lowest BCUT2D eigenvalue weighted by atomic mass is 10.2. The molecule has 5 heteroatoms. The van der Waals surface area contributed by atoms with Crippen LogP contribution in [0, 0.1) is 0 Å². The summed E-state index contributed by atoms with van der Waals surface area (Å²) in [7, 11) is 0. The van der Waals surface area contributed by atoms with Gasteiger partial charge in [-0.3, -0.25) is 4.79 Å². The SMILES string of the molecule is CCOC(=O)c1ccc(COc2cccc(C=O)c2)o1. The highest BCUT2D eigenvalue weighted by atomic mass is 16.5. The van der Waals surface area contributed by atoms with Gasteiger partial charge in [-0.2, -0.15) is 0 Å². The summed E-state index contributed by atoms with van der Waals surface area (Å²) in [5.74, 6) is 0.710. The van der Waals surface area contributed by atoms with Gasteiger partial charge in [-0.1, -0.05) is 12.1 Å². The molecule has 0 amide bonds. The van der Waals surface area contributed by atoms with Crippen molar-refractivity contribution >= 4 is 12.3 Å². The molecule has 0 N–H and O–H groups in total. The first-order chi connectivity index (χ1) is 9.72. The molecule has 0 bridgehead atoms. The van der Waals surface area contributed by atoms with Gasteiger partial charge in [0.1, 0.15) is 24.4 Å². The van der Waals surface area contributed by atoms with E-state index in [9.17, 15) is 9.59 Å². The van der Waals surface area contributed by atoms with Crippen molar-refractivity contribution in [1.82, 2.24) is 0 Å². The average Bonchev–Trinajstić information content (AvgIpc) is 2.94. The lowest BCUT2D eigenvalue weighted by molar-refractivity contribution is 0.0486. The number of esters is 1. The molecule has 1 aromatic heterocycles. The van der Waals surface area contributed by atoms with E-state index in [4.69, 9.17) is 13.9 Å². The van der Waals surface area contributed by atoms with E-state index < -0.39 is 5.97 Å². The maximum Gasteiger partial charge on any atom is 0.374 e. The van der Waals surface area contributed by atoms with Crippen molar-refractivity contribution in [3.05, 3.63) is 53.5 Å². The minimum absolute atomic E-state index is 0.145. The first-order valence-electron chi connectivity index (χ1n) is 6.17. The zero-order valence-corrected chi connectivity index (χ0v) is 11.0. The second-order valence-corrected chi connectivity index (χ2v) is 3.97. The maximum absolute atomic E-state index is 11.4. The van der Waals surface area contributed by atoms with E-state index in [1.807, 2.05) is 0 Å². The highest BCUT2D eigenvalue weighted by molar-refractivity contribution is 5.86. The Labute approximate surface area is 116 Å². The molecule has 1 heterocycles. The molecule has 0 aliphatic rings. The average molecular weight is 274 g/mol. The molecule has 0 atom stereocenters. The first kappa shape index (κ1) is 13.9. The van der Waals surface area contributed by atoms with Gasteiger partial charge in [0.2, 0.25) is 5.76 Å². The predicted octanol–water partition coefficient (Wildman–Crippen LogP) is 2.85. The van der Waals surface area contributed by atoms with Gasteiger partial charge in [-0.05, 0) is 31.2 Å². The molecule has 0 aliphatic heterocycles. The summed E-state index contributed by atoms with van der Waals surface area (Å²) in [6.07, 6.45) is 0.749. The molecule has 0 aliphatic carbocycles. The van der Waals surface area contributed by atoms with Crippen molar-refractivity contribution in [3.63, 3.8) is 0 Å². The Bertz CT molecular complexity index is 600. The van der Waals surface area contributed by atoms with Crippen LogP contribution in [0.5, 0.6) is 5.75 Å². The van der Waals surface area contributed by atoms with Gasteiger partial charge in [0, 0.05) is 5.56 Å². The van der Waals surface area contributed by atoms with Crippen LogP contribution < -0.4 is 4.74 Å². The lowest BCUT2D eigenvalue weighted by Gasteiger charge is -2.04. The van der Waals surface area contributed by atoms with Crippen LogP contribution in [-0.4, -0.2) is 18.9 Å². The van der Waals surface area contributed by atoms with Crippen molar-refractivity contribution in [2.75, 3.05) is 6.61 Å². The number of carbonyl (C=O) groups excluding carboxylic acids is 2. The molecule has 104 valence electrons. The molecule has 2 aromatic rings. The molecule has 0 fully saturated rings. The summed E-state index contributed by atoms with van der Waals surface area (Å²) >= 11 is 0. The number of furan rings is 1. The van der Waals surface area contributed by atoms with E-state index in [2.05, 4.69) is 0 Å². The van der Waals surface area contributed by atoms with Gasteiger partial charge < -0.3 is 13.9 Å². The largest absolute Gasteiger partial charge is 0.486 e. The Morgan fingerprint density at radius 1 is 1.30 bits per heavy atom. The van der Waals surface area contributed by atoms with Crippen LogP contribution in [0.4, 0.5) is 0 Å². The van der Waals surface area contributed by atoms with E-state index in [0.29, 0.717) is 23.7 Å². The predicted molar refractivity (Wildman–Crippen MR) is 70.8 cm³/mol. The van der Waals surface area contributed by atoms with Crippen LogP contribution in [0.2, 0.25) is 0 Å². The number of hydrogen-bond donors (Lipinski definition) is 0. The first-order valence-corrected chi connectivity index (χ1v) is 6.17. The third-order valence-corrected chi connectivity index (χ3v) is 2.51.